The molecular formula is C20H25NO2. The fourth-order valence-corrected chi connectivity index (χ4v) is 2.83. The summed E-state index contributed by atoms with van der Waals surface area (Å²) in [5, 5.41) is 9.10. The van der Waals surface area contributed by atoms with Crippen LogP contribution in [0, 0.1) is 6.92 Å². The van der Waals surface area contributed by atoms with Crippen molar-refractivity contribution in [3.05, 3.63) is 70.8 Å². The summed E-state index contributed by atoms with van der Waals surface area (Å²) in [4.78, 5) is 13.4. The van der Waals surface area contributed by atoms with Crippen LogP contribution >= 0.6 is 0 Å². The van der Waals surface area contributed by atoms with Crippen LogP contribution in [0.3, 0.4) is 0 Å². The van der Waals surface area contributed by atoms with Gasteiger partial charge in [-0.2, -0.15) is 0 Å². The Labute approximate surface area is 138 Å². The second-order valence-corrected chi connectivity index (χ2v) is 6.17. The van der Waals surface area contributed by atoms with Gasteiger partial charge in [-0.3, -0.25) is 4.90 Å². The number of hydrogen-bond acceptors (Lipinski definition) is 2. The van der Waals surface area contributed by atoms with Gasteiger partial charge < -0.3 is 5.11 Å². The molecule has 1 N–H and O–H groups in total. The highest BCUT2D eigenvalue weighted by atomic mass is 16.4. The summed E-state index contributed by atoms with van der Waals surface area (Å²) in [6.45, 7) is 5.05. The Morgan fingerprint density at radius 2 is 1.83 bits per heavy atom. The Kier molecular flexibility index (Phi) is 5.94. The van der Waals surface area contributed by atoms with Gasteiger partial charge in [0.1, 0.15) is 0 Å². The minimum atomic E-state index is -0.874. The largest absolute Gasteiger partial charge is 0.478 e. The number of carboxylic acids is 1. The molecule has 1 atom stereocenters. The quantitative estimate of drug-likeness (QED) is 0.835. The zero-order valence-corrected chi connectivity index (χ0v) is 14.1. The van der Waals surface area contributed by atoms with Gasteiger partial charge in [0.2, 0.25) is 0 Å². The van der Waals surface area contributed by atoms with E-state index in [0.29, 0.717) is 11.6 Å². The fourth-order valence-electron chi connectivity index (χ4n) is 2.83. The van der Waals surface area contributed by atoms with Gasteiger partial charge >= 0.3 is 5.97 Å². The third-order valence-corrected chi connectivity index (χ3v) is 4.29. The molecule has 0 amide bonds. The maximum atomic E-state index is 11.1. The van der Waals surface area contributed by atoms with Crippen molar-refractivity contribution in [2.75, 3.05) is 7.05 Å². The molecule has 3 heteroatoms. The third kappa shape index (κ3) is 4.93. The number of aryl methyl sites for hydroxylation is 1. The second-order valence-electron chi connectivity index (χ2n) is 6.17. The Morgan fingerprint density at radius 1 is 1.13 bits per heavy atom. The molecule has 0 fully saturated rings. The van der Waals surface area contributed by atoms with Crippen molar-refractivity contribution in [2.24, 2.45) is 0 Å². The lowest BCUT2D eigenvalue weighted by Gasteiger charge is -2.27. The Morgan fingerprint density at radius 3 is 2.43 bits per heavy atom. The average Bonchev–Trinajstić information content (AvgIpc) is 2.54. The zero-order chi connectivity index (χ0) is 16.8. The first-order chi connectivity index (χ1) is 11.0. The molecule has 2 aromatic rings. The standard InChI is InChI=1S/C20H25NO2/c1-4-19(13-16-10-8-15(2)9-11-16)21(3)14-17-6-5-7-18(12-17)20(22)23/h5-12,19H,4,13-14H2,1-3H3,(H,22,23). The van der Waals surface area contributed by atoms with E-state index >= 15 is 0 Å². The molecule has 0 radical (unpaired) electrons. The molecule has 122 valence electrons. The van der Waals surface area contributed by atoms with E-state index in [9.17, 15) is 4.79 Å². The van der Waals surface area contributed by atoms with Crippen LogP contribution in [0.1, 0.15) is 40.4 Å². The molecule has 0 saturated carbocycles. The van der Waals surface area contributed by atoms with Gasteiger partial charge in [0.15, 0.2) is 0 Å². The van der Waals surface area contributed by atoms with E-state index in [4.69, 9.17) is 5.11 Å². The second kappa shape index (κ2) is 7.93. The van der Waals surface area contributed by atoms with Gasteiger partial charge in [-0.1, -0.05) is 48.9 Å². The van der Waals surface area contributed by atoms with Crippen molar-refractivity contribution >= 4 is 5.97 Å². The van der Waals surface area contributed by atoms with Crippen molar-refractivity contribution in [2.45, 2.75) is 39.3 Å². The van der Waals surface area contributed by atoms with Crippen LogP contribution in [-0.4, -0.2) is 29.1 Å². The molecular weight excluding hydrogens is 286 g/mol. The minimum Gasteiger partial charge on any atom is -0.478 e. The predicted molar refractivity (Wildman–Crippen MR) is 93.8 cm³/mol. The van der Waals surface area contributed by atoms with Crippen LogP contribution in [0.15, 0.2) is 48.5 Å². The SMILES string of the molecule is CCC(Cc1ccc(C)cc1)N(C)Cc1cccc(C(=O)O)c1. The molecule has 0 spiro atoms. The van der Waals surface area contributed by atoms with Gasteiger partial charge in [0.25, 0.3) is 0 Å². The summed E-state index contributed by atoms with van der Waals surface area (Å²) < 4.78 is 0. The highest BCUT2D eigenvalue weighted by Crippen LogP contribution is 2.15. The molecule has 0 saturated heterocycles. The summed E-state index contributed by atoms with van der Waals surface area (Å²) in [6, 6.07) is 16.3. The van der Waals surface area contributed by atoms with Crippen LogP contribution in [0.25, 0.3) is 0 Å². The van der Waals surface area contributed by atoms with E-state index in [0.717, 1.165) is 24.9 Å². The van der Waals surface area contributed by atoms with Gasteiger partial charge in [-0.25, -0.2) is 4.79 Å². The normalized spacial score (nSPS) is 12.3. The molecule has 1 unspecified atom stereocenters. The summed E-state index contributed by atoms with van der Waals surface area (Å²) in [6.07, 6.45) is 2.06. The first kappa shape index (κ1) is 17.2. The Balaban J connectivity index is 2.04. The number of carboxylic acid groups (broad SMARTS) is 1. The van der Waals surface area contributed by atoms with Crippen LogP contribution in [-0.2, 0) is 13.0 Å². The van der Waals surface area contributed by atoms with Gasteiger partial charge in [0.05, 0.1) is 5.56 Å². The number of nitrogens with zero attached hydrogens (tertiary/aromatic N) is 1. The van der Waals surface area contributed by atoms with Gasteiger partial charge in [-0.15, -0.1) is 0 Å². The number of likely N-dealkylation sites (N-methyl/N-ethyl adjacent to an activating group) is 1. The first-order valence-corrected chi connectivity index (χ1v) is 8.07. The van der Waals surface area contributed by atoms with E-state index < -0.39 is 5.97 Å². The molecule has 2 rings (SSSR count). The number of carbonyl (C=O) groups is 1. The smallest absolute Gasteiger partial charge is 0.335 e. The Bertz CT molecular complexity index is 649. The molecule has 0 heterocycles. The van der Waals surface area contributed by atoms with Crippen molar-refractivity contribution < 1.29 is 9.90 Å². The molecule has 0 aliphatic carbocycles. The topological polar surface area (TPSA) is 40.5 Å². The van der Waals surface area contributed by atoms with E-state index in [2.05, 4.69) is 50.1 Å². The van der Waals surface area contributed by atoms with Crippen molar-refractivity contribution in [1.82, 2.24) is 4.90 Å². The minimum absolute atomic E-state index is 0.350. The summed E-state index contributed by atoms with van der Waals surface area (Å²) in [5.41, 5.74) is 4.01. The highest BCUT2D eigenvalue weighted by Gasteiger charge is 2.14. The lowest BCUT2D eigenvalue weighted by Crippen LogP contribution is -2.32. The van der Waals surface area contributed by atoms with E-state index in [1.165, 1.54) is 11.1 Å². The molecule has 2 aromatic carbocycles. The summed E-state index contributed by atoms with van der Waals surface area (Å²) in [7, 11) is 2.11. The van der Waals surface area contributed by atoms with Crippen molar-refractivity contribution in [3.63, 3.8) is 0 Å². The average molecular weight is 311 g/mol. The fraction of sp³-hybridized carbons (Fsp3) is 0.350. The van der Waals surface area contributed by atoms with Crippen LogP contribution < -0.4 is 0 Å². The van der Waals surface area contributed by atoms with Crippen molar-refractivity contribution in [1.29, 1.82) is 0 Å². The molecule has 0 aromatic heterocycles. The van der Waals surface area contributed by atoms with E-state index in [1.54, 1.807) is 12.1 Å². The number of hydrogen-bond donors (Lipinski definition) is 1. The Hall–Kier alpha value is -2.13. The third-order valence-electron chi connectivity index (χ3n) is 4.29. The highest BCUT2D eigenvalue weighted by molar-refractivity contribution is 5.87. The lowest BCUT2D eigenvalue weighted by molar-refractivity contribution is 0.0696. The maximum Gasteiger partial charge on any atom is 0.335 e. The molecule has 0 bridgehead atoms. The molecule has 23 heavy (non-hydrogen) atoms. The zero-order valence-electron chi connectivity index (χ0n) is 14.1. The number of aromatic carboxylic acids is 1. The molecule has 0 aliphatic rings. The lowest BCUT2D eigenvalue weighted by atomic mass is 10.0. The van der Waals surface area contributed by atoms with Crippen molar-refractivity contribution in [3.8, 4) is 0 Å². The van der Waals surface area contributed by atoms with Crippen LogP contribution in [0.2, 0.25) is 0 Å². The van der Waals surface area contributed by atoms with E-state index in [1.807, 2.05) is 12.1 Å². The van der Waals surface area contributed by atoms with E-state index in [-0.39, 0.29) is 0 Å². The predicted octanol–water partition coefficient (Wildman–Crippen LogP) is 4.15. The molecule has 0 aliphatic heterocycles. The molecule has 3 nitrogen and oxygen atoms in total. The maximum absolute atomic E-state index is 11.1. The monoisotopic (exact) mass is 311 g/mol. The number of benzene rings is 2. The summed E-state index contributed by atoms with van der Waals surface area (Å²) >= 11 is 0. The summed E-state index contributed by atoms with van der Waals surface area (Å²) in [5.74, 6) is -0.874. The first-order valence-electron chi connectivity index (χ1n) is 8.07. The van der Waals surface area contributed by atoms with Crippen LogP contribution in [0.4, 0.5) is 0 Å². The van der Waals surface area contributed by atoms with Gasteiger partial charge in [0, 0.05) is 12.6 Å². The van der Waals surface area contributed by atoms with Gasteiger partial charge in [-0.05, 0) is 50.1 Å². The number of rotatable bonds is 7. The van der Waals surface area contributed by atoms with Crippen LogP contribution in [0.5, 0.6) is 0 Å².